The number of rotatable bonds is 5. The highest BCUT2D eigenvalue weighted by atomic mass is 16.1. The first kappa shape index (κ1) is 16.8. The minimum absolute atomic E-state index is 0.363. The maximum Gasteiger partial charge on any atom is 0.248 e. The molecule has 1 atom stereocenters. The lowest BCUT2D eigenvalue weighted by molar-refractivity contribution is 0.1000. The molecule has 4 rings (SSSR count). The molecule has 1 aromatic heterocycles. The summed E-state index contributed by atoms with van der Waals surface area (Å²) < 4.78 is 0. The number of carbonyl (C=O) groups excluding carboxylic acids is 1. The summed E-state index contributed by atoms with van der Waals surface area (Å²) in [6.45, 7) is 3.07. The van der Waals surface area contributed by atoms with Gasteiger partial charge >= 0.3 is 0 Å². The third kappa shape index (κ3) is 3.78. The van der Waals surface area contributed by atoms with Gasteiger partial charge in [0.05, 0.1) is 11.7 Å². The third-order valence-corrected chi connectivity index (χ3v) is 5.25. The van der Waals surface area contributed by atoms with E-state index >= 15 is 0 Å². The number of likely N-dealkylation sites (tertiary alicyclic amines) is 1. The van der Waals surface area contributed by atoms with E-state index in [2.05, 4.69) is 39.4 Å². The van der Waals surface area contributed by atoms with Gasteiger partial charge in [0.15, 0.2) is 0 Å². The van der Waals surface area contributed by atoms with Crippen molar-refractivity contribution in [3.05, 3.63) is 65.4 Å². The highest BCUT2D eigenvalue weighted by molar-refractivity contribution is 5.92. The van der Waals surface area contributed by atoms with Crippen LogP contribution in [0.15, 0.2) is 48.7 Å². The number of nitrogens with zero attached hydrogens (tertiary/aromatic N) is 2. The lowest BCUT2D eigenvalue weighted by Gasteiger charge is -2.33. The van der Waals surface area contributed by atoms with Crippen LogP contribution in [0, 0.1) is 5.92 Å². The van der Waals surface area contributed by atoms with E-state index in [0.717, 1.165) is 37.1 Å². The van der Waals surface area contributed by atoms with Crippen LogP contribution < -0.4 is 5.73 Å². The van der Waals surface area contributed by atoms with Crippen molar-refractivity contribution in [2.45, 2.75) is 25.8 Å². The number of fused-ring (bicyclic) bond motifs is 1. The van der Waals surface area contributed by atoms with Crippen LogP contribution in [-0.4, -0.2) is 34.1 Å². The molecule has 0 aliphatic carbocycles. The predicted octanol–water partition coefficient (Wildman–Crippen LogP) is 3.12. The van der Waals surface area contributed by atoms with Crippen LogP contribution in [0.2, 0.25) is 0 Å². The van der Waals surface area contributed by atoms with Crippen molar-refractivity contribution in [1.29, 1.82) is 0 Å². The van der Waals surface area contributed by atoms with Gasteiger partial charge in [0.1, 0.15) is 0 Å². The molecule has 5 heteroatoms. The first-order valence-electron chi connectivity index (χ1n) is 9.20. The zero-order valence-corrected chi connectivity index (χ0v) is 14.8. The number of aromatic nitrogens is 2. The van der Waals surface area contributed by atoms with Gasteiger partial charge in [-0.15, -0.1) is 0 Å². The minimum atomic E-state index is -0.363. The topological polar surface area (TPSA) is 75.0 Å². The highest BCUT2D eigenvalue weighted by Crippen LogP contribution is 2.24. The first-order chi connectivity index (χ1) is 12.7. The van der Waals surface area contributed by atoms with E-state index in [1.807, 2.05) is 18.3 Å². The molecule has 0 unspecified atom stereocenters. The fraction of sp³-hybridized carbons (Fsp3) is 0.333. The Hall–Kier alpha value is -2.66. The molecule has 2 aromatic carbocycles. The molecule has 1 aliphatic rings. The lowest BCUT2D eigenvalue weighted by atomic mass is 9.90. The number of aromatic amines is 1. The largest absolute Gasteiger partial charge is 0.366 e. The number of carbonyl (C=O) groups is 1. The molecule has 0 radical (unpaired) electrons. The van der Waals surface area contributed by atoms with Crippen molar-refractivity contribution < 1.29 is 4.79 Å². The standard InChI is InChI=1S/C21H24N4O/c22-21(26)18-5-1-3-17(11-18)14-25-8-2-4-16(13-25)9-15-6-7-20-19(10-15)12-23-24-20/h1,3,5-7,10-12,16H,2,4,8-9,13-14H2,(H2,22,26)(H,23,24)/t16-/m1/s1. The first-order valence-corrected chi connectivity index (χ1v) is 9.20. The molecule has 3 N–H and O–H groups in total. The second kappa shape index (κ2) is 7.30. The fourth-order valence-corrected chi connectivity index (χ4v) is 4.00. The average molecular weight is 348 g/mol. The van der Waals surface area contributed by atoms with Gasteiger partial charge in [-0.2, -0.15) is 5.10 Å². The average Bonchev–Trinajstić information content (AvgIpc) is 3.10. The molecule has 1 saturated heterocycles. The van der Waals surface area contributed by atoms with Crippen molar-refractivity contribution in [3.8, 4) is 0 Å². The predicted molar refractivity (Wildman–Crippen MR) is 103 cm³/mol. The Kier molecular flexibility index (Phi) is 4.71. The second-order valence-electron chi connectivity index (χ2n) is 7.30. The Morgan fingerprint density at radius 3 is 3.04 bits per heavy atom. The van der Waals surface area contributed by atoms with Crippen LogP contribution in [0.4, 0.5) is 0 Å². The molecule has 0 saturated carbocycles. The summed E-state index contributed by atoms with van der Waals surface area (Å²) in [5.74, 6) is 0.297. The van der Waals surface area contributed by atoms with Crippen molar-refractivity contribution in [2.24, 2.45) is 11.7 Å². The highest BCUT2D eigenvalue weighted by Gasteiger charge is 2.20. The number of hydrogen-bond acceptors (Lipinski definition) is 3. The second-order valence-corrected chi connectivity index (χ2v) is 7.30. The molecule has 3 aromatic rings. The molecular formula is C21H24N4O. The van der Waals surface area contributed by atoms with Crippen LogP contribution in [0.5, 0.6) is 0 Å². The van der Waals surface area contributed by atoms with Crippen molar-refractivity contribution in [3.63, 3.8) is 0 Å². The summed E-state index contributed by atoms with van der Waals surface area (Å²) in [6, 6.07) is 14.2. The van der Waals surface area contributed by atoms with Crippen LogP contribution in [0.1, 0.15) is 34.3 Å². The van der Waals surface area contributed by atoms with Crippen LogP contribution in [0.25, 0.3) is 10.9 Å². The smallest absolute Gasteiger partial charge is 0.248 e. The number of hydrogen-bond donors (Lipinski definition) is 2. The zero-order valence-electron chi connectivity index (χ0n) is 14.8. The summed E-state index contributed by atoms with van der Waals surface area (Å²) in [7, 11) is 0. The summed E-state index contributed by atoms with van der Waals surface area (Å²) in [5, 5.41) is 8.29. The van der Waals surface area contributed by atoms with Gasteiger partial charge in [-0.1, -0.05) is 18.2 Å². The van der Waals surface area contributed by atoms with Gasteiger partial charge in [0.2, 0.25) is 5.91 Å². The quantitative estimate of drug-likeness (QED) is 0.744. The molecule has 1 amide bonds. The molecule has 1 aliphatic heterocycles. The number of amides is 1. The Morgan fingerprint density at radius 1 is 1.23 bits per heavy atom. The summed E-state index contributed by atoms with van der Waals surface area (Å²) >= 11 is 0. The van der Waals surface area contributed by atoms with E-state index in [-0.39, 0.29) is 5.91 Å². The molecule has 5 nitrogen and oxygen atoms in total. The molecule has 134 valence electrons. The summed E-state index contributed by atoms with van der Waals surface area (Å²) in [6.07, 6.45) is 5.46. The molecule has 1 fully saturated rings. The third-order valence-electron chi connectivity index (χ3n) is 5.25. The van der Waals surface area contributed by atoms with E-state index in [9.17, 15) is 4.79 Å². The van der Waals surface area contributed by atoms with E-state index in [1.54, 1.807) is 6.07 Å². The number of piperidine rings is 1. The van der Waals surface area contributed by atoms with E-state index in [4.69, 9.17) is 5.73 Å². The van der Waals surface area contributed by atoms with Gasteiger partial charge in [0.25, 0.3) is 0 Å². The summed E-state index contributed by atoms with van der Waals surface area (Å²) in [4.78, 5) is 13.9. The van der Waals surface area contributed by atoms with Gasteiger partial charge in [-0.05, 0) is 67.1 Å². The van der Waals surface area contributed by atoms with E-state index in [0.29, 0.717) is 11.5 Å². The van der Waals surface area contributed by atoms with Gasteiger partial charge in [-0.3, -0.25) is 14.8 Å². The molecule has 2 heterocycles. The monoisotopic (exact) mass is 348 g/mol. The maximum absolute atomic E-state index is 11.4. The normalized spacial score (nSPS) is 18.2. The zero-order chi connectivity index (χ0) is 17.9. The minimum Gasteiger partial charge on any atom is -0.366 e. The van der Waals surface area contributed by atoms with Crippen molar-refractivity contribution >= 4 is 16.8 Å². The number of H-pyrrole nitrogens is 1. The number of benzene rings is 2. The van der Waals surface area contributed by atoms with Crippen molar-refractivity contribution in [1.82, 2.24) is 15.1 Å². The number of nitrogens with two attached hydrogens (primary N) is 1. The molecule has 0 bridgehead atoms. The Labute approximate surface area is 153 Å². The van der Waals surface area contributed by atoms with Gasteiger partial charge < -0.3 is 5.73 Å². The maximum atomic E-state index is 11.4. The Bertz CT molecular complexity index is 917. The molecular weight excluding hydrogens is 324 g/mol. The van der Waals surface area contributed by atoms with E-state index < -0.39 is 0 Å². The molecule has 0 spiro atoms. The Balaban J connectivity index is 1.40. The van der Waals surface area contributed by atoms with Crippen molar-refractivity contribution in [2.75, 3.05) is 13.1 Å². The van der Waals surface area contributed by atoms with Gasteiger partial charge in [0, 0.05) is 24.0 Å². The SMILES string of the molecule is NC(=O)c1cccc(CN2CCC[C@H](Cc3ccc4[nH]ncc4c3)C2)c1. The fourth-order valence-electron chi connectivity index (χ4n) is 4.00. The molecule has 26 heavy (non-hydrogen) atoms. The lowest BCUT2D eigenvalue weighted by Crippen LogP contribution is -2.35. The van der Waals surface area contributed by atoms with E-state index in [1.165, 1.54) is 23.8 Å². The number of nitrogens with one attached hydrogen (secondary N) is 1. The van der Waals surface area contributed by atoms with Crippen LogP contribution in [0.3, 0.4) is 0 Å². The van der Waals surface area contributed by atoms with Gasteiger partial charge in [-0.25, -0.2) is 0 Å². The van der Waals surface area contributed by atoms with Crippen LogP contribution in [-0.2, 0) is 13.0 Å². The summed E-state index contributed by atoms with van der Waals surface area (Å²) in [5.41, 5.74) is 9.61. The number of primary amides is 1. The Morgan fingerprint density at radius 2 is 2.15 bits per heavy atom. The van der Waals surface area contributed by atoms with Crippen LogP contribution >= 0.6 is 0 Å².